The largest absolute Gasteiger partial charge is 0.465 e. The Morgan fingerprint density at radius 1 is 1.39 bits per heavy atom. The Kier molecular flexibility index (Phi) is 6.76. The van der Waals surface area contributed by atoms with Gasteiger partial charge in [-0.25, -0.2) is 0 Å². The molecule has 5 nitrogen and oxygen atoms in total. The Hall–Kier alpha value is -2.19. The molecular formula is C18H23N3O2. The molecule has 1 aromatic carbocycles. The van der Waals surface area contributed by atoms with Crippen LogP contribution in [0.5, 0.6) is 0 Å². The van der Waals surface area contributed by atoms with Crippen molar-refractivity contribution in [2.75, 3.05) is 26.2 Å². The van der Waals surface area contributed by atoms with Gasteiger partial charge in [0.2, 0.25) is 0 Å². The molecule has 0 spiro atoms. The van der Waals surface area contributed by atoms with Gasteiger partial charge < -0.3 is 4.74 Å². The van der Waals surface area contributed by atoms with Crippen LogP contribution in [0.3, 0.4) is 0 Å². The van der Waals surface area contributed by atoms with Crippen molar-refractivity contribution >= 4 is 12.2 Å². The second kappa shape index (κ2) is 9.06. The summed E-state index contributed by atoms with van der Waals surface area (Å²) in [5.41, 5.74) is 1.22. The summed E-state index contributed by atoms with van der Waals surface area (Å²) in [6.07, 6.45) is 3.83. The van der Waals surface area contributed by atoms with Gasteiger partial charge >= 0.3 is 5.97 Å². The molecule has 122 valence electrons. The van der Waals surface area contributed by atoms with Gasteiger partial charge in [-0.3, -0.25) is 14.7 Å². The van der Waals surface area contributed by atoms with Crippen LogP contribution in [0.15, 0.2) is 35.3 Å². The second-order valence-electron chi connectivity index (χ2n) is 5.54. The van der Waals surface area contributed by atoms with Crippen molar-refractivity contribution in [3.63, 3.8) is 0 Å². The topological polar surface area (TPSA) is 65.7 Å². The van der Waals surface area contributed by atoms with Crippen LogP contribution in [-0.2, 0) is 9.53 Å². The fraction of sp³-hybridized carbons (Fsp3) is 0.500. The summed E-state index contributed by atoms with van der Waals surface area (Å²) in [4.78, 5) is 18.4. The normalized spacial score (nSPS) is 17.7. The molecule has 1 saturated heterocycles. The molecule has 2 atom stereocenters. The molecule has 0 N–H and O–H groups in total. The number of benzene rings is 1. The Morgan fingerprint density at radius 3 is 2.70 bits per heavy atom. The highest BCUT2D eigenvalue weighted by Gasteiger charge is 2.23. The third kappa shape index (κ3) is 4.90. The third-order valence-electron chi connectivity index (χ3n) is 3.98. The highest BCUT2D eigenvalue weighted by molar-refractivity contribution is 5.92. The van der Waals surface area contributed by atoms with Gasteiger partial charge in [-0.05, 0) is 38.4 Å². The van der Waals surface area contributed by atoms with Crippen molar-refractivity contribution in [2.45, 2.75) is 25.8 Å². The van der Waals surface area contributed by atoms with Crippen molar-refractivity contribution in [1.82, 2.24) is 4.90 Å². The molecule has 5 heteroatoms. The summed E-state index contributed by atoms with van der Waals surface area (Å²) in [5, 5.41) is 9.06. The Bertz CT molecular complexity index is 559. The maximum atomic E-state index is 11.6. The molecule has 1 aliphatic rings. The van der Waals surface area contributed by atoms with Crippen LogP contribution in [0.1, 0.15) is 31.4 Å². The summed E-state index contributed by atoms with van der Waals surface area (Å²) in [6, 6.07) is 12.4. The zero-order valence-corrected chi connectivity index (χ0v) is 13.5. The van der Waals surface area contributed by atoms with Crippen molar-refractivity contribution < 1.29 is 9.53 Å². The number of rotatable bonds is 7. The molecule has 1 aliphatic heterocycles. The molecular weight excluding hydrogens is 290 g/mol. The van der Waals surface area contributed by atoms with Gasteiger partial charge in [0.05, 0.1) is 25.3 Å². The number of ether oxygens (including phenoxy) is 1. The van der Waals surface area contributed by atoms with Gasteiger partial charge in [-0.2, -0.15) is 5.26 Å². The van der Waals surface area contributed by atoms with Crippen LogP contribution in [0.2, 0.25) is 0 Å². The lowest BCUT2D eigenvalue weighted by atomic mass is 10.1. The quantitative estimate of drug-likeness (QED) is 0.573. The van der Waals surface area contributed by atoms with Crippen LogP contribution in [0.4, 0.5) is 0 Å². The van der Waals surface area contributed by atoms with Gasteiger partial charge in [0.1, 0.15) is 0 Å². The van der Waals surface area contributed by atoms with E-state index in [0.717, 1.165) is 13.1 Å². The number of hydrogen-bond donors (Lipinski definition) is 0. The van der Waals surface area contributed by atoms with Crippen LogP contribution < -0.4 is 0 Å². The molecule has 0 amide bonds. The number of nitriles is 1. The Balaban J connectivity index is 2.04. The molecule has 0 aliphatic carbocycles. The number of carbonyl (C=O) groups is 1. The molecule has 1 fully saturated rings. The predicted molar refractivity (Wildman–Crippen MR) is 89.1 cm³/mol. The lowest BCUT2D eigenvalue weighted by Crippen LogP contribution is -2.28. The van der Waals surface area contributed by atoms with Gasteiger partial charge in [-0.15, -0.1) is 0 Å². The molecule has 0 aromatic heterocycles. The van der Waals surface area contributed by atoms with E-state index in [-0.39, 0.29) is 12.6 Å². The number of esters is 1. The Morgan fingerprint density at radius 2 is 2.09 bits per heavy atom. The lowest BCUT2D eigenvalue weighted by molar-refractivity contribution is -0.143. The third-order valence-corrected chi connectivity index (χ3v) is 3.98. The SMILES string of the molecule is CCOC(=O)[C@H](C#N)C=NC[C@@H](c1ccccc1)N1CCCC1. The van der Waals surface area contributed by atoms with Crippen molar-refractivity contribution in [2.24, 2.45) is 10.9 Å². The number of carbonyl (C=O) groups excluding carboxylic acids is 1. The smallest absolute Gasteiger partial charge is 0.328 e. The van der Waals surface area contributed by atoms with Gasteiger partial charge in [0, 0.05) is 6.21 Å². The van der Waals surface area contributed by atoms with E-state index in [1.807, 2.05) is 24.3 Å². The van der Waals surface area contributed by atoms with Crippen molar-refractivity contribution in [3.05, 3.63) is 35.9 Å². The number of nitrogens with zero attached hydrogens (tertiary/aromatic N) is 3. The van der Waals surface area contributed by atoms with Crippen molar-refractivity contribution in [3.8, 4) is 6.07 Å². The maximum absolute atomic E-state index is 11.6. The molecule has 0 radical (unpaired) electrons. The lowest BCUT2D eigenvalue weighted by Gasteiger charge is -2.26. The highest BCUT2D eigenvalue weighted by atomic mass is 16.5. The number of hydrogen-bond acceptors (Lipinski definition) is 5. The molecule has 0 saturated carbocycles. The van der Waals surface area contributed by atoms with Crippen LogP contribution in [-0.4, -0.2) is 43.3 Å². The fourth-order valence-corrected chi connectivity index (χ4v) is 2.81. The number of likely N-dealkylation sites (tertiary alicyclic amines) is 1. The summed E-state index contributed by atoms with van der Waals surface area (Å²) in [6.45, 7) is 4.67. The van der Waals surface area contributed by atoms with E-state index in [4.69, 9.17) is 10.00 Å². The molecule has 0 bridgehead atoms. The average Bonchev–Trinajstić information content (AvgIpc) is 3.10. The van der Waals surface area contributed by atoms with Gasteiger partial charge in [0.25, 0.3) is 0 Å². The molecule has 1 aromatic rings. The van der Waals surface area contributed by atoms with Crippen LogP contribution in [0.25, 0.3) is 0 Å². The monoisotopic (exact) mass is 313 g/mol. The summed E-state index contributed by atoms with van der Waals surface area (Å²) in [5.74, 6) is -1.46. The second-order valence-corrected chi connectivity index (χ2v) is 5.54. The molecule has 0 unspecified atom stereocenters. The van der Waals surface area contributed by atoms with E-state index >= 15 is 0 Å². The minimum absolute atomic E-state index is 0.191. The van der Waals surface area contributed by atoms with Crippen LogP contribution >= 0.6 is 0 Å². The molecule has 1 heterocycles. The number of aliphatic imine (C=N–C) groups is 1. The first-order valence-corrected chi connectivity index (χ1v) is 8.11. The predicted octanol–water partition coefficient (Wildman–Crippen LogP) is 2.60. The standard InChI is InChI=1S/C18H23N3O2/c1-2-23-18(22)16(12-19)13-20-14-17(21-10-6-7-11-21)15-8-4-3-5-9-15/h3-5,8-9,13,16-17H,2,6-7,10-11,14H2,1H3/t16-,17+/m1/s1. The summed E-state index contributed by atoms with van der Waals surface area (Å²) < 4.78 is 4.87. The first-order valence-electron chi connectivity index (χ1n) is 8.11. The van der Waals surface area contributed by atoms with E-state index in [2.05, 4.69) is 22.0 Å². The summed E-state index contributed by atoms with van der Waals surface area (Å²) >= 11 is 0. The summed E-state index contributed by atoms with van der Waals surface area (Å²) in [7, 11) is 0. The molecule has 23 heavy (non-hydrogen) atoms. The average molecular weight is 313 g/mol. The zero-order chi connectivity index (χ0) is 16.5. The maximum Gasteiger partial charge on any atom is 0.328 e. The Labute approximate surface area is 137 Å². The highest BCUT2D eigenvalue weighted by Crippen LogP contribution is 2.25. The zero-order valence-electron chi connectivity index (χ0n) is 13.5. The van der Waals surface area contributed by atoms with Crippen LogP contribution in [0, 0.1) is 17.2 Å². The van der Waals surface area contributed by atoms with E-state index in [9.17, 15) is 4.79 Å². The van der Waals surface area contributed by atoms with E-state index in [1.165, 1.54) is 24.6 Å². The van der Waals surface area contributed by atoms with E-state index in [1.54, 1.807) is 6.92 Å². The van der Waals surface area contributed by atoms with E-state index in [0.29, 0.717) is 6.54 Å². The molecule has 2 rings (SSSR count). The van der Waals surface area contributed by atoms with E-state index < -0.39 is 11.9 Å². The minimum Gasteiger partial charge on any atom is -0.465 e. The van der Waals surface area contributed by atoms with Gasteiger partial charge in [0.15, 0.2) is 5.92 Å². The first kappa shape index (κ1) is 17.2. The fourth-order valence-electron chi connectivity index (χ4n) is 2.81. The first-order chi connectivity index (χ1) is 11.3. The van der Waals surface area contributed by atoms with Crippen molar-refractivity contribution in [1.29, 1.82) is 5.26 Å². The van der Waals surface area contributed by atoms with Gasteiger partial charge in [-0.1, -0.05) is 30.3 Å². The minimum atomic E-state index is -0.926.